The maximum Gasteiger partial charge on any atom is 0.308 e. The number of nitro groups is 1. The first-order valence-electron chi connectivity index (χ1n) is 4.49. The summed E-state index contributed by atoms with van der Waals surface area (Å²) in [4.78, 5) is 9.68. The van der Waals surface area contributed by atoms with Gasteiger partial charge in [-0.15, -0.1) is 0 Å². The van der Waals surface area contributed by atoms with Crippen LogP contribution in [0.25, 0.3) is 0 Å². The first-order chi connectivity index (χ1) is 7.18. The van der Waals surface area contributed by atoms with Crippen molar-refractivity contribution in [1.29, 1.82) is 0 Å². The van der Waals surface area contributed by atoms with Gasteiger partial charge < -0.3 is 10.1 Å². The molecule has 80 valence electrons. The average molecular weight is 212 g/mol. The summed E-state index contributed by atoms with van der Waals surface area (Å²) >= 11 is 0. The molecule has 1 N–H and O–H groups in total. The molecule has 0 bridgehead atoms. The minimum atomic E-state index is -0.908. The Hall–Kier alpha value is -1.69. The van der Waals surface area contributed by atoms with Crippen molar-refractivity contribution in [3.05, 3.63) is 34.1 Å². The van der Waals surface area contributed by atoms with Gasteiger partial charge in [-0.2, -0.15) is 4.39 Å². The van der Waals surface area contributed by atoms with Crippen LogP contribution in [0.4, 0.5) is 10.1 Å². The Kier molecular flexibility index (Phi) is 2.51. The highest BCUT2D eigenvalue weighted by Crippen LogP contribution is 2.27. The van der Waals surface area contributed by atoms with Crippen molar-refractivity contribution >= 4 is 5.69 Å². The van der Waals surface area contributed by atoms with Crippen LogP contribution in [0, 0.1) is 15.9 Å². The molecule has 1 aromatic carbocycles. The minimum Gasteiger partial charge on any atom is -0.484 e. The topological polar surface area (TPSA) is 64.4 Å². The summed E-state index contributed by atoms with van der Waals surface area (Å²) in [7, 11) is 0. The van der Waals surface area contributed by atoms with E-state index in [2.05, 4.69) is 5.32 Å². The van der Waals surface area contributed by atoms with Gasteiger partial charge in [0.05, 0.1) is 4.92 Å². The highest BCUT2D eigenvalue weighted by molar-refractivity contribution is 5.40. The van der Waals surface area contributed by atoms with Crippen LogP contribution in [0.3, 0.4) is 0 Å². The summed E-state index contributed by atoms with van der Waals surface area (Å²) in [5.41, 5.74) is -0.556. The molecule has 0 saturated carbocycles. The van der Waals surface area contributed by atoms with E-state index in [0.29, 0.717) is 13.1 Å². The number of nitrogens with one attached hydrogen (secondary N) is 1. The third kappa shape index (κ3) is 1.89. The van der Waals surface area contributed by atoms with Crippen molar-refractivity contribution in [2.45, 2.75) is 6.10 Å². The number of halogens is 1. The van der Waals surface area contributed by atoms with Gasteiger partial charge in [-0.05, 0) is 6.07 Å². The van der Waals surface area contributed by atoms with E-state index >= 15 is 0 Å². The molecule has 0 aromatic heterocycles. The smallest absolute Gasteiger partial charge is 0.308 e. The summed E-state index contributed by atoms with van der Waals surface area (Å²) in [6, 6.07) is 3.91. The molecule has 6 heteroatoms. The van der Waals surface area contributed by atoms with Crippen LogP contribution in [0.5, 0.6) is 5.75 Å². The number of hydrogen-bond acceptors (Lipinski definition) is 4. The minimum absolute atomic E-state index is 0.0595. The molecule has 0 spiro atoms. The SMILES string of the molecule is O=[N+]([O-])c1cccc(OC2CNC2)c1F. The van der Waals surface area contributed by atoms with E-state index in [4.69, 9.17) is 4.74 Å². The van der Waals surface area contributed by atoms with Crippen molar-refractivity contribution in [1.82, 2.24) is 5.32 Å². The molecule has 0 unspecified atom stereocenters. The molecule has 1 fully saturated rings. The van der Waals surface area contributed by atoms with Crippen LogP contribution in [0.15, 0.2) is 18.2 Å². The van der Waals surface area contributed by atoms with Crippen molar-refractivity contribution in [3.63, 3.8) is 0 Å². The molecule has 1 aliphatic heterocycles. The molecule has 0 aliphatic carbocycles. The maximum absolute atomic E-state index is 13.5. The van der Waals surface area contributed by atoms with Gasteiger partial charge in [-0.1, -0.05) is 6.07 Å². The highest BCUT2D eigenvalue weighted by Gasteiger charge is 2.23. The summed E-state index contributed by atoms with van der Waals surface area (Å²) in [5.74, 6) is -0.967. The molecule has 1 aromatic rings. The van der Waals surface area contributed by atoms with Crippen molar-refractivity contribution in [2.24, 2.45) is 0 Å². The van der Waals surface area contributed by atoms with E-state index in [-0.39, 0.29) is 11.9 Å². The molecular formula is C9H9FN2O3. The number of hydrogen-bond donors (Lipinski definition) is 1. The number of nitrogens with zero attached hydrogens (tertiary/aromatic N) is 1. The Bertz CT molecular complexity index is 393. The van der Waals surface area contributed by atoms with Crippen molar-refractivity contribution in [3.8, 4) is 5.75 Å². The van der Waals surface area contributed by atoms with Crippen molar-refractivity contribution < 1.29 is 14.1 Å². The standard InChI is InChI=1S/C9H9FN2O3/c10-9-7(12(13)14)2-1-3-8(9)15-6-4-11-5-6/h1-3,6,11H,4-5H2. The lowest BCUT2D eigenvalue weighted by Crippen LogP contribution is -2.50. The van der Waals surface area contributed by atoms with Gasteiger partial charge in [0.25, 0.3) is 0 Å². The first kappa shape index (κ1) is 9.85. The Balaban J connectivity index is 2.22. The first-order valence-corrected chi connectivity index (χ1v) is 4.49. The van der Waals surface area contributed by atoms with Crippen LogP contribution in [-0.2, 0) is 0 Å². The summed E-state index contributed by atoms with van der Waals surface area (Å²) in [6.07, 6.45) is -0.0958. The van der Waals surface area contributed by atoms with Crippen LogP contribution >= 0.6 is 0 Å². The molecule has 1 saturated heterocycles. The van der Waals surface area contributed by atoms with Crippen molar-refractivity contribution in [2.75, 3.05) is 13.1 Å². The Labute approximate surface area is 85.0 Å². The molecule has 0 atom stereocenters. The lowest BCUT2D eigenvalue weighted by Gasteiger charge is -2.27. The molecule has 1 heterocycles. The van der Waals surface area contributed by atoms with Gasteiger partial charge in [-0.25, -0.2) is 0 Å². The zero-order chi connectivity index (χ0) is 10.8. The van der Waals surface area contributed by atoms with E-state index in [1.54, 1.807) is 0 Å². The van der Waals surface area contributed by atoms with Gasteiger partial charge in [0.2, 0.25) is 5.82 Å². The van der Waals surface area contributed by atoms with E-state index in [9.17, 15) is 14.5 Å². The molecule has 2 rings (SSSR count). The fraction of sp³-hybridized carbons (Fsp3) is 0.333. The Morgan fingerprint density at radius 1 is 1.53 bits per heavy atom. The lowest BCUT2D eigenvalue weighted by atomic mass is 10.2. The van der Waals surface area contributed by atoms with E-state index in [1.807, 2.05) is 0 Å². The summed E-state index contributed by atoms with van der Waals surface area (Å²) < 4.78 is 18.7. The van der Waals surface area contributed by atoms with E-state index in [1.165, 1.54) is 12.1 Å². The fourth-order valence-corrected chi connectivity index (χ4v) is 1.26. The quantitative estimate of drug-likeness (QED) is 0.601. The number of rotatable bonds is 3. The predicted octanol–water partition coefficient (Wildman–Crippen LogP) is 1.08. The molecular weight excluding hydrogens is 203 g/mol. The third-order valence-corrected chi connectivity index (χ3v) is 2.18. The number of benzene rings is 1. The van der Waals surface area contributed by atoms with Gasteiger partial charge in [-0.3, -0.25) is 10.1 Å². The van der Waals surface area contributed by atoms with Gasteiger partial charge in [0.15, 0.2) is 5.75 Å². The Morgan fingerprint density at radius 2 is 2.27 bits per heavy atom. The number of nitro benzene ring substituents is 1. The highest BCUT2D eigenvalue weighted by atomic mass is 19.1. The average Bonchev–Trinajstić information content (AvgIpc) is 2.13. The normalized spacial score (nSPS) is 15.8. The summed E-state index contributed by atoms with van der Waals surface area (Å²) in [5, 5.41) is 13.4. The molecule has 0 amide bonds. The molecule has 1 aliphatic rings. The maximum atomic E-state index is 13.5. The van der Waals surface area contributed by atoms with E-state index < -0.39 is 16.4 Å². The van der Waals surface area contributed by atoms with E-state index in [0.717, 1.165) is 6.07 Å². The van der Waals surface area contributed by atoms with Crippen LogP contribution < -0.4 is 10.1 Å². The summed E-state index contributed by atoms with van der Waals surface area (Å²) in [6.45, 7) is 1.28. The molecule has 5 nitrogen and oxygen atoms in total. The lowest BCUT2D eigenvalue weighted by molar-refractivity contribution is -0.387. The Morgan fingerprint density at radius 3 is 2.80 bits per heavy atom. The zero-order valence-electron chi connectivity index (χ0n) is 7.77. The second kappa shape index (κ2) is 3.82. The second-order valence-corrected chi connectivity index (χ2v) is 3.24. The number of ether oxygens (including phenoxy) is 1. The van der Waals surface area contributed by atoms with Gasteiger partial charge in [0.1, 0.15) is 6.10 Å². The fourth-order valence-electron chi connectivity index (χ4n) is 1.26. The molecule has 15 heavy (non-hydrogen) atoms. The van der Waals surface area contributed by atoms with Gasteiger partial charge in [0, 0.05) is 19.2 Å². The van der Waals surface area contributed by atoms with Crippen LogP contribution in [-0.4, -0.2) is 24.1 Å². The van der Waals surface area contributed by atoms with Gasteiger partial charge >= 0.3 is 5.69 Å². The third-order valence-electron chi connectivity index (χ3n) is 2.18. The largest absolute Gasteiger partial charge is 0.484 e. The monoisotopic (exact) mass is 212 g/mol. The zero-order valence-corrected chi connectivity index (χ0v) is 7.77. The predicted molar refractivity (Wildman–Crippen MR) is 50.3 cm³/mol. The molecule has 0 radical (unpaired) electrons. The van der Waals surface area contributed by atoms with Crippen LogP contribution in [0.2, 0.25) is 0 Å². The second-order valence-electron chi connectivity index (χ2n) is 3.24. The van der Waals surface area contributed by atoms with Crippen LogP contribution in [0.1, 0.15) is 0 Å².